The largest absolute Gasteiger partial charge is 0.328 e. The fourth-order valence-corrected chi connectivity index (χ4v) is 2.00. The zero-order valence-electron chi connectivity index (χ0n) is 11.5. The second kappa shape index (κ2) is 7.27. The summed E-state index contributed by atoms with van der Waals surface area (Å²) in [5.41, 5.74) is 6.54. The Hall–Kier alpha value is -0.0400. The average Bonchev–Trinajstić information content (AvgIpc) is 2.25. The average molecular weight is 213 g/mol. The highest BCUT2D eigenvalue weighted by Gasteiger charge is 2.24. The summed E-state index contributed by atoms with van der Waals surface area (Å²) in [6.07, 6.45) is 7.57. The minimum absolute atomic E-state index is 0.395. The van der Waals surface area contributed by atoms with Crippen molar-refractivity contribution in [3.8, 4) is 0 Å². The molecule has 2 N–H and O–H groups in total. The fraction of sp³-hybridized carbons (Fsp3) is 1.00. The molecule has 3 unspecified atom stereocenters. The molecule has 15 heavy (non-hydrogen) atoms. The Morgan fingerprint density at radius 2 is 1.73 bits per heavy atom. The molecule has 0 heterocycles. The topological polar surface area (TPSA) is 26.0 Å². The van der Waals surface area contributed by atoms with E-state index in [1.165, 1.54) is 32.1 Å². The van der Waals surface area contributed by atoms with Crippen molar-refractivity contribution in [3.63, 3.8) is 0 Å². The Bertz CT molecular complexity index is 155. The highest BCUT2D eigenvalue weighted by molar-refractivity contribution is 4.78. The van der Waals surface area contributed by atoms with E-state index >= 15 is 0 Å². The second-order valence-electron chi connectivity index (χ2n) is 5.59. The summed E-state index contributed by atoms with van der Waals surface area (Å²) in [7, 11) is 0. The van der Waals surface area contributed by atoms with Crippen molar-refractivity contribution < 1.29 is 0 Å². The van der Waals surface area contributed by atoms with E-state index in [2.05, 4.69) is 34.6 Å². The maximum Gasteiger partial charge on any atom is 0.00413 e. The SMILES string of the molecule is CCC(C)CCC(C)(CC)CC(N)CC. The van der Waals surface area contributed by atoms with E-state index in [0.29, 0.717) is 11.5 Å². The first-order chi connectivity index (χ1) is 6.97. The quantitative estimate of drug-likeness (QED) is 0.637. The molecular weight excluding hydrogens is 182 g/mol. The van der Waals surface area contributed by atoms with Crippen LogP contribution in [0.25, 0.3) is 0 Å². The Labute approximate surface area is 96.8 Å². The molecule has 1 heteroatoms. The molecule has 0 aromatic rings. The number of hydrogen-bond acceptors (Lipinski definition) is 1. The van der Waals surface area contributed by atoms with Crippen molar-refractivity contribution in [1.82, 2.24) is 0 Å². The van der Waals surface area contributed by atoms with Crippen molar-refractivity contribution in [1.29, 1.82) is 0 Å². The van der Waals surface area contributed by atoms with E-state index in [9.17, 15) is 0 Å². The van der Waals surface area contributed by atoms with Crippen molar-refractivity contribution in [3.05, 3.63) is 0 Å². The molecule has 0 aromatic carbocycles. The molecule has 0 spiro atoms. The van der Waals surface area contributed by atoms with Crippen LogP contribution in [0.15, 0.2) is 0 Å². The summed E-state index contributed by atoms with van der Waals surface area (Å²) in [6.45, 7) is 11.5. The highest BCUT2D eigenvalue weighted by Crippen LogP contribution is 2.34. The van der Waals surface area contributed by atoms with Crippen molar-refractivity contribution in [2.45, 2.75) is 79.2 Å². The maximum absolute atomic E-state index is 6.07. The molecule has 0 aromatic heterocycles. The predicted molar refractivity (Wildman–Crippen MR) is 70.0 cm³/mol. The molecule has 0 bridgehead atoms. The molecule has 92 valence electrons. The molecule has 0 radical (unpaired) electrons. The van der Waals surface area contributed by atoms with Crippen LogP contribution in [0.4, 0.5) is 0 Å². The number of rotatable bonds is 8. The van der Waals surface area contributed by atoms with Gasteiger partial charge in [0.1, 0.15) is 0 Å². The lowest BCUT2D eigenvalue weighted by Gasteiger charge is -2.32. The van der Waals surface area contributed by atoms with Crippen LogP contribution in [0.5, 0.6) is 0 Å². The molecule has 0 saturated heterocycles. The third-order valence-corrected chi connectivity index (χ3v) is 4.07. The monoisotopic (exact) mass is 213 g/mol. The van der Waals surface area contributed by atoms with E-state index in [1.807, 2.05) is 0 Å². The summed E-state index contributed by atoms with van der Waals surface area (Å²) in [5.74, 6) is 0.869. The molecule has 0 aliphatic heterocycles. The maximum atomic E-state index is 6.07. The van der Waals surface area contributed by atoms with Crippen molar-refractivity contribution in [2.24, 2.45) is 17.1 Å². The molecule has 3 atom stereocenters. The normalized spacial score (nSPS) is 19.6. The molecule has 0 aliphatic carbocycles. The van der Waals surface area contributed by atoms with E-state index in [-0.39, 0.29) is 0 Å². The van der Waals surface area contributed by atoms with Crippen LogP contribution >= 0.6 is 0 Å². The van der Waals surface area contributed by atoms with Crippen molar-refractivity contribution >= 4 is 0 Å². The fourth-order valence-electron chi connectivity index (χ4n) is 2.00. The van der Waals surface area contributed by atoms with Gasteiger partial charge in [-0.25, -0.2) is 0 Å². The van der Waals surface area contributed by atoms with Crippen LogP contribution in [0, 0.1) is 11.3 Å². The molecule has 0 fully saturated rings. The van der Waals surface area contributed by atoms with Gasteiger partial charge in [0.25, 0.3) is 0 Å². The summed E-state index contributed by atoms with van der Waals surface area (Å²) in [6, 6.07) is 0.395. The molecule has 0 aliphatic rings. The first-order valence-electron chi connectivity index (χ1n) is 6.73. The molecular formula is C14H31N. The van der Waals surface area contributed by atoms with Gasteiger partial charge < -0.3 is 5.73 Å². The Morgan fingerprint density at radius 3 is 2.13 bits per heavy atom. The lowest BCUT2D eigenvalue weighted by Crippen LogP contribution is -2.29. The molecule has 0 amide bonds. The summed E-state index contributed by atoms with van der Waals surface area (Å²) >= 11 is 0. The van der Waals surface area contributed by atoms with Gasteiger partial charge >= 0.3 is 0 Å². The first kappa shape index (κ1) is 15.0. The molecule has 0 saturated carbocycles. The predicted octanol–water partition coefficient (Wildman–Crippen LogP) is 4.36. The van der Waals surface area contributed by atoms with Crippen LogP contribution in [0.2, 0.25) is 0 Å². The van der Waals surface area contributed by atoms with Crippen LogP contribution in [-0.2, 0) is 0 Å². The van der Waals surface area contributed by atoms with Gasteiger partial charge in [-0.3, -0.25) is 0 Å². The summed E-state index contributed by atoms with van der Waals surface area (Å²) < 4.78 is 0. The lowest BCUT2D eigenvalue weighted by atomic mass is 9.75. The van der Waals surface area contributed by atoms with Gasteiger partial charge in [0.15, 0.2) is 0 Å². The Morgan fingerprint density at radius 1 is 1.13 bits per heavy atom. The number of nitrogens with two attached hydrogens (primary N) is 1. The van der Waals surface area contributed by atoms with E-state index in [0.717, 1.165) is 12.3 Å². The molecule has 0 rings (SSSR count). The van der Waals surface area contributed by atoms with Gasteiger partial charge in [0.2, 0.25) is 0 Å². The summed E-state index contributed by atoms with van der Waals surface area (Å²) in [4.78, 5) is 0. The third-order valence-electron chi connectivity index (χ3n) is 4.07. The third kappa shape index (κ3) is 6.19. The van der Waals surface area contributed by atoms with Gasteiger partial charge in [0.05, 0.1) is 0 Å². The van der Waals surface area contributed by atoms with E-state index < -0.39 is 0 Å². The smallest absolute Gasteiger partial charge is 0.00413 e. The van der Waals surface area contributed by atoms with Crippen LogP contribution in [-0.4, -0.2) is 6.04 Å². The van der Waals surface area contributed by atoms with Crippen LogP contribution in [0.1, 0.15) is 73.1 Å². The van der Waals surface area contributed by atoms with Gasteiger partial charge in [-0.15, -0.1) is 0 Å². The minimum Gasteiger partial charge on any atom is -0.328 e. The minimum atomic E-state index is 0.395. The van der Waals surface area contributed by atoms with Gasteiger partial charge in [-0.1, -0.05) is 53.9 Å². The zero-order valence-corrected chi connectivity index (χ0v) is 11.5. The zero-order chi connectivity index (χ0) is 11.9. The Kier molecular flexibility index (Phi) is 7.25. The van der Waals surface area contributed by atoms with E-state index in [1.54, 1.807) is 0 Å². The summed E-state index contributed by atoms with van der Waals surface area (Å²) in [5, 5.41) is 0. The van der Waals surface area contributed by atoms with Crippen LogP contribution < -0.4 is 5.73 Å². The highest BCUT2D eigenvalue weighted by atomic mass is 14.6. The Balaban J connectivity index is 4.06. The second-order valence-corrected chi connectivity index (χ2v) is 5.59. The molecule has 1 nitrogen and oxygen atoms in total. The van der Waals surface area contributed by atoms with Gasteiger partial charge in [0, 0.05) is 6.04 Å². The lowest BCUT2D eigenvalue weighted by molar-refractivity contribution is 0.217. The number of hydrogen-bond donors (Lipinski definition) is 1. The van der Waals surface area contributed by atoms with Gasteiger partial charge in [-0.05, 0) is 30.6 Å². The van der Waals surface area contributed by atoms with E-state index in [4.69, 9.17) is 5.73 Å². The van der Waals surface area contributed by atoms with Crippen molar-refractivity contribution in [2.75, 3.05) is 0 Å². The van der Waals surface area contributed by atoms with Gasteiger partial charge in [-0.2, -0.15) is 0 Å². The standard InChI is InChI=1S/C14H31N/c1-6-12(4)9-10-14(5,8-3)11-13(15)7-2/h12-13H,6-11,15H2,1-5H3. The first-order valence-corrected chi connectivity index (χ1v) is 6.73. The van der Waals surface area contributed by atoms with Crippen LogP contribution in [0.3, 0.4) is 0 Å².